The van der Waals surface area contributed by atoms with Crippen LogP contribution in [0.5, 0.6) is 0 Å². The zero-order valence-electron chi connectivity index (χ0n) is 15.8. The van der Waals surface area contributed by atoms with Gasteiger partial charge in [-0.2, -0.15) is 0 Å². The molecule has 1 saturated heterocycles. The molecule has 0 aromatic heterocycles. The number of likely N-dealkylation sites (tertiary alicyclic amines) is 1. The summed E-state index contributed by atoms with van der Waals surface area (Å²) in [6.07, 6.45) is 1.60. The smallest absolute Gasteiger partial charge is 0.227 e. The van der Waals surface area contributed by atoms with Gasteiger partial charge in [0.1, 0.15) is 0 Å². The van der Waals surface area contributed by atoms with E-state index in [9.17, 15) is 14.4 Å². The second-order valence-corrected chi connectivity index (χ2v) is 7.52. The van der Waals surface area contributed by atoms with Gasteiger partial charge in [-0.1, -0.05) is 35.9 Å². The molecule has 0 saturated carbocycles. The summed E-state index contributed by atoms with van der Waals surface area (Å²) in [4.78, 5) is 38.3. The third-order valence-electron chi connectivity index (χ3n) is 5.02. The van der Waals surface area contributed by atoms with Crippen LogP contribution < -0.4 is 5.32 Å². The summed E-state index contributed by atoms with van der Waals surface area (Å²) < 4.78 is 0. The molecule has 2 aromatic carbocycles. The molecule has 1 fully saturated rings. The van der Waals surface area contributed by atoms with Gasteiger partial charge in [-0.3, -0.25) is 14.4 Å². The second kappa shape index (κ2) is 9.02. The van der Waals surface area contributed by atoms with Crippen LogP contribution in [-0.4, -0.2) is 35.6 Å². The molecule has 28 heavy (non-hydrogen) atoms. The van der Waals surface area contributed by atoms with Crippen molar-refractivity contribution in [2.75, 3.05) is 18.4 Å². The summed E-state index contributed by atoms with van der Waals surface area (Å²) in [5.74, 6) is -0.176. The van der Waals surface area contributed by atoms with Gasteiger partial charge >= 0.3 is 0 Å². The van der Waals surface area contributed by atoms with Crippen LogP contribution >= 0.6 is 11.6 Å². The van der Waals surface area contributed by atoms with Crippen LogP contribution in [0.2, 0.25) is 5.02 Å². The van der Waals surface area contributed by atoms with Crippen LogP contribution in [0.3, 0.4) is 0 Å². The average molecular weight is 399 g/mol. The molecule has 1 heterocycles. The van der Waals surface area contributed by atoms with Crippen molar-refractivity contribution in [3.05, 3.63) is 64.7 Å². The Hall–Kier alpha value is -2.66. The first kappa shape index (κ1) is 20.1. The number of carbonyl (C=O) groups is 3. The number of Topliss-reactive ketones (excluding diaryl/α,β-unsaturated/α-hetero) is 1. The van der Waals surface area contributed by atoms with Gasteiger partial charge in [-0.05, 0) is 49.6 Å². The van der Waals surface area contributed by atoms with Crippen molar-refractivity contribution in [3.63, 3.8) is 0 Å². The minimum absolute atomic E-state index is 0.0383. The van der Waals surface area contributed by atoms with Gasteiger partial charge in [-0.15, -0.1) is 0 Å². The van der Waals surface area contributed by atoms with Crippen LogP contribution in [0, 0.1) is 5.92 Å². The fraction of sp³-hybridized carbons (Fsp3) is 0.318. The number of hydrogen-bond acceptors (Lipinski definition) is 3. The maximum atomic E-state index is 12.5. The van der Waals surface area contributed by atoms with Gasteiger partial charge in [0.05, 0.1) is 6.42 Å². The third-order valence-corrected chi connectivity index (χ3v) is 5.28. The first-order chi connectivity index (χ1) is 13.4. The second-order valence-electron chi connectivity index (χ2n) is 7.08. The number of carbonyl (C=O) groups excluding carboxylic acids is 3. The molecule has 6 heteroatoms. The Bertz CT molecular complexity index is 872. The lowest BCUT2D eigenvalue weighted by atomic mass is 9.95. The number of halogens is 1. The van der Waals surface area contributed by atoms with Crippen LogP contribution in [0.25, 0.3) is 0 Å². The highest BCUT2D eigenvalue weighted by atomic mass is 35.5. The van der Waals surface area contributed by atoms with E-state index in [2.05, 4.69) is 5.32 Å². The molecule has 2 aromatic rings. The molecule has 0 unspecified atom stereocenters. The molecule has 0 bridgehead atoms. The van der Waals surface area contributed by atoms with E-state index < -0.39 is 0 Å². The normalized spacial score (nSPS) is 14.6. The number of anilines is 1. The minimum atomic E-state index is -0.138. The first-order valence-electron chi connectivity index (χ1n) is 9.36. The molecule has 5 nitrogen and oxygen atoms in total. The molecule has 0 spiro atoms. The van der Waals surface area contributed by atoms with Gasteiger partial charge < -0.3 is 10.2 Å². The van der Waals surface area contributed by atoms with E-state index in [0.717, 1.165) is 5.56 Å². The zero-order chi connectivity index (χ0) is 20.1. The topological polar surface area (TPSA) is 66.5 Å². The van der Waals surface area contributed by atoms with Crippen LogP contribution in [0.1, 0.15) is 35.7 Å². The molecular formula is C22H23ClN2O3. The fourth-order valence-corrected chi connectivity index (χ4v) is 3.47. The number of rotatable bonds is 5. The predicted molar refractivity (Wildman–Crippen MR) is 110 cm³/mol. The van der Waals surface area contributed by atoms with Crippen molar-refractivity contribution < 1.29 is 14.4 Å². The standard InChI is InChI=1S/C22H23ClN2O3/c1-15(26)18-3-2-4-20(14-18)24-22(28)17-9-11-25(12-10-17)21(27)13-16-5-7-19(23)8-6-16/h2-8,14,17H,9-13H2,1H3,(H,24,28). The summed E-state index contributed by atoms with van der Waals surface area (Å²) in [5, 5.41) is 3.54. The highest BCUT2D eigenvalue weighted by molar-refractivity contribution is 6.30. The van der Waals surface area contributed by atoms with E-state index in [1.807, 2.05) is 17.0 Å². The minimum Gasteiger partial charge on any atom is -0.342 e. The Balaban J connectivity index is 1.51. The third kappa shape index (κ3) is 5.20. The number of nitrogens with zero attached hydrogens (tertiary/aromatic N) is 1. The molecule has 1 N–H and O–H groups in total. The van der Waals surface area contributed by atoms with Crippen molar-refractivity contribution in [2.45, 2.75) is 26.2 Å². The van der Waals surface area contributed by atoms with Crippen LogP contribution in [0.15, 0.2) is 48.5 Å². The number of ketones is 1. The van der Waals surface area contributed by atoms with E-state index in [0.29, 0.717) is 48.6 Å². The maximum Gasteiger partial charge on any atom is 0.227 e. The van der Waals surface area contributed by atoms with E-state index in [-0.39, 0.29) is 23.5 Å². The molecule has 0 aliphatic carbocycles. The van der Waals surface area contributed by atoms with E-state index in [1.54, 1.807) is 36.4 Å². The Morgan fingerprint density at radius 3 is 2.39 bits per heavy atom. The fourth-order valence-electron chi connectivity index (χ4n) is 3.34. The quantitative estimate of drug-likeness (QED) is 0.775. The van der Waals surface area contributed by atoms with E-state index >= 15 is 0 Å². The summed E-state index contributed by atoms with van der Waals surface area (Å²) in [7, 11) is 0. The maximum absolute atomic E-state index is 12.5. The van der Waals surface area contributed by atoms with Crippen molar-refractivity contribution >= 4 is 34.9 Å². The highest BCUT2D eigenvalue weighted by Crippen LogP contribution is 2.21. The summed E-state index contributed by atoms with van der Waals surface area (Å²) in [6, 6.07) is 14.2. The lowest BCUT2D eigenvalue weighted by molar-refractivity contribution is -0.133. The number of piperidine rings is 1. The molecule has 146 valence electrons. The van der Waals surface area contributed by atoms with Crippen LogP contribution in [-0.2, 0) is 16.0 Å². The van der Waals surface area contributed by atoms with Gasteiger partial charge in [0.2, 0.25) is 11.8 Å². The predicted octanol–water partition coefficient (Wildman–Crippen LogP) is 3.96. The van der Waals surface area contributed by atoms with Crippen molar-refractivity contribution in [1.82, 2.24) is 4.90 Å². The number of hydrogen-bond donors (Lipinski definition) is 1. The van der Waals surface area contributed by atoms with Gasteiger partial charge in [-0.25, -0.2) is 0 Å². The van der Waals surface area contributed by atoms with E-state index in [1.165, 1.54) is 6.92 Å². The molecular weight excluding hydrogens is 376 g/mol. The summed E-state index contributed by atoms with van der Waals surface area (Å²) >= 11 is 5.87. The van der Waals surface area contributed by atoms with E-state index in [4.69, 9.17) is 11.6 Å². The van der Waals surface area contributed by atoms with Crippen molar-refractivity contribution in [1.29, 1.82) is 0 Å². The molecule has 1 aliphatic rings. The molecule has 3 rings (SSSR count). The number of benzene rings is 2. The van der Waals surface area contributed by atoms with Crippen molar-refractivity contribution in [2.24, 2.45) is 5.92 Å². The summed E-state index contributed by atoms with van der Waals surface area (Å²) in [5.41, 5.74) is 2.12. The monoisotopic (exact) mass is 398 g/mol. The first-order valence-corrected chi connectivity index (χ1v) is 9.74. The Kier molecular flexibility index (Phi) is 6.47. The number of nitrogens with one attached hydrogen (secondary N) is 1. The molecule has 0 radical (unpaired) electrons. The lowest BCUT2D eigenvalue weighted by Gasteiger charge is -2.31. The zero-order valence-corrected chi connectivity index (χ0v) is 16.5. The molecule has 1 aliphatic heterocycles. The van der Waals surface area contributed by atoms with Crippen molar-refractivity contribution in [3.8, 4) is 0 Å². The molecule has 0 atom stereocenters. The highest BCUT2D eigenvalue weighted by Gasteiger charge is 2.27. The number of amides is 2. The van der Waals surface area contributed by atoms with Crippen LogP contribution in [0.4, 0.5) is 5.69 Å². The van der Waals surface area contributed by atoms with Gasteiger partial charge in [0.25, 0.3) is 0 Å². The molecule has 2 amide bonds. The van der Waals surface area contributed by atoms with Gasteiger partial charge in [0.15, 0.2) is 5.78 Å². The Morgan fingerprint density at radius 1 is 1.07 bits per heavy atom. The van der Waals surface area contributed by atoms with Gasteiger partial charge in [0, 0.05) is 35.3 Å². The summed E-state index contributed by atoms with van der Waals surface area (Å²) in [6.45, 7) is 2.63. The average Bonchev–Trinajstić information content (AvgIpc) is 2.70. The lowest BCUT2D eigenvalue weighted by Crippen LogP contribution is -2.42. The SMILES string of the molecule is CC(=O)c1cccc(NC(=O)C2CCN(C(=O)Cc3ccc(Cl)cc3)CC2)c1. The Labute approximate surface area is 169 Å². The largest absolute Gasteiger partial charge is 0.342 e. The Morgan fingerprint density at radius 2 is 1.75 bits per heavy atom.